The predicted octanol–water partition coefficient (Wildman–Crippen LogP) is 2.45. The molecule has 3 aliphatic heterocycles. The van der Waals surface area contributed by atoms with Gasteiger partial charge in [-0.2, -0.15) is 0 Å². The van der Waals surface area contributed by atoms with Crippen LogP contribution in [0.3, 0.4) is 0 Å². The molecule has 0 bridgehead atoms. The molecule has 0 aromatic heterocycles. The summed E-state index contributed by atoms with van der Waals surface area (Å²) >= 11 is 0. The van der Waals surface area contributed by atoms with E-state index in [4.69, 9.17) is 14.2 Å². The topological polar surface area (TPSA) is 51.8 Å². The maximum Gasteiger partial charge on any atom is 0.173 e. The van der Waals surface area contributed by atoms with Gasteiger partial charge in [0.1, 0.15) is 0 Å². The second kappa shape index (κ2) is 6.77. The van der Waals surface area contributed by atoms with Gasteiger partial charge >= 0.3 is 0 Å². The summed E-state index contributed by atoms with van der Waals surface area (Å²) in [5.41, 5.74) is 2.62. The molecule has 1 aromatic carbocycles. The van der Waals surface area contributed by atoms with Gasteiger partial charge in [-0.15, -0.1) is 0 Å². The van der Waals surface area contributed by atoms with Crippen LogP contribution in [-0.4, -0.2) is 44.8 Å². The summed E-state index contributed by atoms with van der Waals surface area (Å²) in [6.07, 6.45) is 4.16. The monoisotopic (exact) mass is 318 g/mol. The first-order chi connectivity index (χ1) is 11.3. The molecule has 0 saturated carbocycles. The summed E-state index contributed by atoms with van der Waals surface area (Å²) in [6.45, 7) is 4.03. The van der Waals surface area contributed by atoms with E-state index in [0.29, 0.717) is 12.6 Å². The molecule has 3 heterocycles. The van der Waals surface area contributed by atoms with E-state index in [-0.39, 0.29) is 11.9 Å². The van der Waals surface area contributed by atoms with Crippen molar-refractivity contribution in [2.45, 2.75) is 43.6 Å². The van der Waals surface area contributed by atoms with E-state index in [1.807, 2.05) is 0 Å². The molecule has 2 fully saturated rings. The van der Waals surface area contributed by atoms with Gasteiger partial charge in [-0.1, -0.05) is 18.2 Å². The number of fused-ring (bicyclic) bond motifs is 1. The quantitative estimate of drug-likeness (QED) is 0.896. The van der Waals surface area contributed by atoms with Gasteiger partial charge in [0.25, 0.3) is 0 Å². The molecule has 5 heteroatoms. The van der Waals surface area contributed by atoms with E-state index >= 15 is 0 Å². The molecule has 0 amide bonds. The molecule has 1 spiro atoms. The fraction of sp³-hybridized carbons (Fsp3) is 0.667. The van der Waals surface area contributed by atoms with Crippen LogP contribution in [0.25, 0.3) is 0 Å². The second-order valence-electron chi connectivity index (χ2n) is 6.69. The van der Waals surface area contributed by atoms with Crippen molar-refractivity contribution in [3.05, 3.63) is 29.8 Å². The number of nitrogens with one attached hydrogen (secondary N) is 2. The highest BCUT2D eigenvalue weighted by Gasteiger charge is 2.42. The highest BCUT2D eigenvalue weighted by molar-refractivity contribution is 5.53. The lowest BCUT2D eigenvalue weighted by molar-refractivity contribution is -0.210. The van der Waals surface area contributed by atoms with E-state index in [0.717, 1.165) is 45.6 Å². The van der Waals surface area contributed by atoms with E-state index in [2.05, 4.69) is 34.9 Å². The average Bonchev–Trinajstić information content (AvgIpc) is 2.86. The normalized spacial score (nSPS) is 29.7. The lowest BCUT2D eigenvalue weighted by Gasteiger charge is -2.31. The van der Waals surface area contributed by atoms with Crippen molar-refractivity contribution < 1.29 is 14.2 Å². The molecule has 0 radical (unpaired) electrons. The standard InChI is InChI=1S/C18H26N2O3/c1-2-5-16-15(4-1)17(6-3-9-19-16)20-12-14-13-22-18(23-14)7-10-21-11-8-18/h1-2,4-5,14,17,19-20H,3,6-13H2/t14-,17-/m0/s1. The van der Waals surface area contributed by atoms with Crippen molar-refractivity contribution in [2.75, 3.05) is 38.2 Å². The highest BCUT2D eigenvalue weighted by atomic mass is 16.7. The van der Waals surface area contributed by atoms with Gasteiger partial charge in [0.15, 0.2) is 5.79 Å². The summed E-state index contributed by atoms with van der Waals surface area (Å²) < 4.78 is 17.6. The third-order valence-electron chi connectivity index (χ3n) is 5.08. The Bertz CT molecular complexity index is 531. The molecule has 5 nitrogen and oxygen atoms in total. The zero-order chi connectivity index (χ0) is 15.5. The van der Waals surface area contributed by atoms with Crippen LogP contribution in [0.4, 0.5) is 5.69 Å². The molecule has 2 N–H and O–H groups in total. The van der Waals surface area contributed by atoms with Crippen molar-refractivity contribution in [2.24, 2.45) is 0 Å². The fourth-order valence-corrected chi connectivity index (χ4v) is 3.79. The second-order valence-corrected chi connectivity index (χ2v) is 6.69. The molecular formula is C18H26N2O3. The third-order valence-corrected chi connectivity index (χ3v) is 5.08. The van der Waals surface area contributed by atoms with Gasteiger partial charge in [0.2, 0.25) is 0 Å². The Hall–Kier alpha value is -1.14. The van der Waals surface area contributed by atoms with Crippen LogP contribution in [0.2, 0.25) is 0 Å². The molecule has 0 aliphatic carbocycles. The molecule has 126 valence electrons. The van der Waals surface area contributed by atoms with Crippen LogP contribution < -0.4 is 10.6 Å². The Morgan fingerprint density at radius 2 is 2.09 bits per heavy atom. The number of rotatable bonds is 3. The predicted molar refractivity (Wildman–Crippen MR) is 88.5 cm³/mol. The van der Waals surface area contributed by atoms with Gasteiger partial charge in [-0.3, -0.25) is 0 Å². The van der Waals surface area contributed by atoms with Crippen LogP contribution in [0.15, 0.2) is 24.3 Å². The Morgan fingerprint density at radius 3 is 3.00 bits per heavy atom. The van der Waals surface area contributed by atoms with Crippen molar-refractivity contribution in [1.82, 2.24) is 5.32 Å². The Labute approximate surface area is 137 Å². The summed E-state index contributed by atoms with van der Waals surface area (Å²) in [4.78, 5) is 0. The lowest BCUT2D eigenvalue weighted by atomic mass is 10.0. The Balaban J connectivity index is 1.36. The minimum absolute atomic E-state index is 0.136. The lowest BCUT2D eigenvalue weighted by Crippen LogP contribution is -2.39. The van der Waals surface area contributed by atoms with Crippen LogP contribution >= 0.6 is 0 Å². The molecule has 2 saturated heterocycles. The van der Waals surface area contributed by atoms with Gasteiger partial charge in [-0.05, 0) is 24.5 Å². The van der Waals surface area contributed by atoms with E-state index in [1.165, 1.54) is 17.7 Å². The maximum absolute atomic E-state index is 6.22. The highest BCUT2D eigenvalue weighted by Crippen LogP contribution is 2.34. The van der Waals surface area contributed by atoms with Crippen molar-refractivity contribution >= 4 is 5.69 Å². The van der Waals surface area contributed by atoms with Crippen LogP contribution in [0.1, 0.15) is 37.3 Å². The van der Waals surface area contributed by atoms with E-state index < -0.39 is 0 Å². The van der Waals surface area contributed by atoms with Crippen molar-refractivity contribution in [3.63, 3.8) is 0 Å². The number of hydrogen-bond donors (Lipinski definition) is 2. The number of para-hydroxylation sites is 1. The molecule has 2 atom stereocenters. The molecular weight excluding hydrogens is 292 g/mol. The summed E-state index contributed by atoms with van der Waals surface area (Å²) in [5, 5.41) is 7.23. The first-order valence-corrected chi connectivity index (χ1v) is 8.80. The minimum Gasteiger partial charge on any atom is -0.385 e. The minimum atomic E-state index is -0.381. The molecule has 4 rings (SSSR count). The average molecular weight is 318 g/mol. The molecule has 1 aromatic rings. The number of hydrogen-bond acceptors (Lipinski definition) is 5. The molecule has 23 heavy (non-hydrogen) atoms. The molecule has 0 unspecified atom stereocenters. The van der Waals surface area contributed by atoms with E-state index in [1.54, 1.807) is 0 Å². The van der Waals surface area contributed by atoms with Gasteiger partial charge < -0.3 is 24.8 Å². The Morgan fingerprint density at radius 1 is 1.22 bits per heavy atom. The first kappa shape index (κ1) is 15.4. The van der Waals surface area contributed by atoms with Gasteiger partial charge in [0, 0.05) is 37.7 Å². The van der Waals surface area contributed by atoms with Gasteiger partial charge in [-0.25, -0.2) is 0 Å². The number of ether oxygens (including phenoxy) is 3. The van der Waals surface area contributed by atoms with Crippen LogP contribution in [0.5, 0.6) is 0 Å². The summed E-state index contributed by atoms with van der Waals surface area (Å²) in [7, 11) is 0. The molecule has 3 aliphatic rings. The summed E-state index contributed by atoms with van der Waals surface area (Å²) in [6, 6.07) is 8.99. The largest absolute Gasteiger partial charge is 0.385 e. The summed E-state index contributed by atoms with van der Waals surface area (Å²) in [5.74, 6) is -0.381. The third kappa shape index (κ3) is 3.38. The number of anilines is 1. The SMILES string of the molecule is c1ccc2c(c1)NCCC[C@@H]2NC[C@H]1COC2(CCOCC2)O1. The fourth-order valence-electron chi connectivity index (χ4n) is 3.79. The van der Waals surface area contributed by atoms with Crippen LogP contribution in [-0.2, 0) is 14.2 Å². The van der Waals surface area contributed by atoms with Crippen molar-refractivity contribution in [3.8, 4) is 0 Å². The van der Waals surface area contributed by atoms with E-state index in [9.17, 15) is 0 Å². The number of benzene rings is 1. The van der Waals surface area contributed by atoms with Crippen molar-refractivity contribution in [1.29, 1.82) is 0 Å². The smallest absolute Gasteiger partial charge is 0.173 e. The maximum atomic E-state index is 6.22. The zero-order valence-corrected chi connectivity index (χ0v) is 13.6. The van der Waals surface area contributed by atoms with Gasteiger partial charge in [0.05, 0.1) is 25.9 Å². The van der Waals surface area contributed by atoms with Crippen LogP contribution in [0, 0.1) is 0 Å². The zero-order valence-electron chi connectivity index (χ0n) is 13.6. The first-order valence-electron chi connectivity index (χ1n) is 8.80. The Kier molecular flexibility index (Phi) is 4.53.